The van der Waals surface area contributed by atoms with Gasteiger partial charge in [0, 0.05) is 25.7 Å². The lowest BCUT2D eigenvalue weighted by molar-refractivity contribution is -0.161. The van der Waals surface area contributed by atoms with Crippen molar-refractivity contribution >= 4 is 39.5 Å². The lowest BCUT2D eigenvalue weighted by Crippen LogP contribution is -2.30. The van der Waals surface area contributed by atoms with E-state index in [1.165, 1.54) is 77.0 Å². The lowest BCUT2D eigenvalue weighted by Gasteiger charge is -2.21. The molecule has 4 atom stereocenters. The van der Waals surface area contributed by atoms with E-state index in [0.717, 1.165) is 180 Å². The predicted molar refractivity (Wildman–Crippen MR) is 390 cm³/mol. The summed E-state index contributed by atoms with van der Waals surface area (Å²) in [4.78, 5) is 72.8. The van der Waals surface area contributed by atoms with Crippen LogP contribution in [0.4, 0.5) is 0 Å². The summed E-state index contributed by atoms with van der Waals surface area (Å²) in [5.41, 5.74) is 0. The van der Waals surface area contributed by atoms with Crippen LogP contribution in [0.2, 0.25) is 0 Å². The first-order valence-electron chi connectivity index (χ1n) is 38.2. The number of unbranched alkanes of at least 4 members (excludes halogenated alkanes) is 34. The van der Waals surface area contributed by atoms with Crippen molar-refractivity contribution in [2.45, 2.75) is 354 Å². The van der Waals surface area contributed by atoms with Crippen molar-refractivity contribution in [2.75, 3.05) is 39.6 Å². The van der Waals surface area contributed by atoms with Crippen molar-refractivity contribution in [1.29, 1.82) is 0 Å². The Bertz CT molecular complexity index is 1960. The number of aliphatic hydroxyl groups is 1. The molecule has 4 unspecified atom stereocenters. The van der Waals surface area contributed by atoms with E-state index in [1.807, 2.05) is 0 Å². The minimum atomic E-state index is -4.97. The molecule has 0 heterocycles. The summed E-state index contributed by atoms with van der Waals surface area (Å²) >= 11 is 0. The topological polar surface area (TPSA) is 237 Å². The summed E-state index contributed by atoms with van der Waals surface area (Å²) < 4.78 is 68.4. The summed E-state index contributed by atoms with van der Waals surface area (Å²) in [7, 11) is -9.93. The van der Waals surface area contributed by atoms with Gasteiger partial charge in [-0.3, -0.25) is 37.3 Å². The highest BCUT2D eigenvalue weighted by Gasteiger charge is 2.30. The number of carbonyl (C=O) groups excluding carboxylic acids is 4. The first kappa shape index (κ1) is 92.5. The molecule has 17 nitrogen and oxygen atoms in total. The molecule has 0 spiro atoms. The molecule has 0 fully saturated rings. The summed E-state index contributed by atoms with van der Waals surface area (Å²) in [5.74, 6) is -2.17. The Morgan fingerprint density at radius 1 is 0.302 bits per heavy atom. The van der Waals surface area contributed by atoms with E-state index in [9.17, 15) is 43.2 Å². The first-order chi connectivity index (χ1) is 46.7. The molecule has 3 N–H and O–H groups in total. The number of ether oxygens (including phenoxy) is 4. The van der Waals surface area contributed by atoms with Crippen molar-refractivity contribution in [2.24, 2.45) is 0 Å². The van der Waals surface area contributed by atoms with Gasteiger partial charge < -0.3 is 33.8 Å². The van der Waals surface area contributed by atoms with Crippen LogP contribution in [0, 0.1) is 0 Å². The number of aliphatic hydroxyl groups excluding tert-OH is 1. The van der Waals surface area contributed by atoms with Gasteiger partial charge in [0.1, 0.15) is 19.3 Å². The maximum Gasteiger partial charge on any atom is 0.472 e. The van der Waals surface area contributed by atoms with Gasteiger partial charge in [0.25, 0.3) is 0 Å². The van der Waals surface area contributed by atoms with Crippen LogP contribution in [0.1, 0.15) is 336 Å². The molecule has 0 aliphatic carbocycles. The molecule has 0 amide bonds. The zero-order valence-electron chi connectivity index (χ0n) is 60.8. The van der Waals surface area contributed by atoms with Crippen molar-refractivity contribution in [3.63, 3.8) is 0 Å². The average molecular weight is 1400 g/mol. The minimum Gasteiger partial charge on any atom is -0.462 e. The molecular weight excluding hydrogens is 1260 g/mol. The second kappa shape index (κ2) is 70.0. The summed E-state index contributed by atoms with van der Waals surface area (Å²) in [6.07, 6.45) is 68.9. The molecule has 96 heavy (non-hydrogen) atoms. The fraction of sp³-hybridized carbons (Fsp3) is 0.792. The molecule has 0 saturated heterocycles. The van der Waals surface area contributed by atoms with Crippen LogP contribution in [0.5, 0.6) is 0 Å². The number of rotatable bonds is 72. The Morgan fingerprint density at radius 3 is 0.833 bits per heavy atom. The van der Waals surface area contributed by atoms with Gasteiger partial charge >= 0.3 is 39.5 Å². The van der Waals surface area contributed by atoms with Gasteiger partial charge in [-0.15, -0.1) is 0 Å². The fourth-order valence-corrected chi connectivity index (χ4v) is 12.0. The van der Waals surface area contributed by atoms with E-state index < -0.39 is 97.5 Å². The first-order valence-corrected chi connectivity index (χ1v) is 41.2. The second-order valence-corrected chi connectivity index (χ2v) is 28.5. The van der Waals surface area contributed by atoms with E-state index in [4.69, 9.17) is 37.0 Å². The molecule has 0 saturated carbocycles. The zero-order valence-corrected chi connectivity index (χ0v) is 62.6. The molecule has 0 aliphatic rings. The van der Waals surface area contributed by atoms with Crippen LogP contribution in [0.25, 0.3) is 0 Å². The van der Waals surface area contributed by atoms with Gasteiger partial charge in [0.2, 0.25) is 0 Å². The van der Waals surface area contributed by atoms with E-state index in [1.54, 1.807) is 0 Å². The average Bonchev–Trinajstić information content (AvgIpc) is 1.21. The lowest BCUT2D eigenvalue weighted by atomic mass is 10.1. The summed E-state index contributed by atoms with van der Waals surface area (Å²) in [5, 5.41) is 10.6. The normalized spacial score (nSPS) is 14.4. The zero-order chi connectivity index (χ0) is 70.4. The van der Waals surface area contributed by atoms with Crippen LogP contribution >= 0.6 is 15.6 Å². The maximum atomic E-state index is 13.1. The van der Waals surface area contributed by atoms with Crippen LogP contribution in [-0.4, -0.2) is 96.7 Å². The summed E-state index contributed by atoms with van der Waals surface area (Å²) in [6.45, 7) is 4.66. The van der Waals surface area contributed by atoms with Gasteiger partial charge in [0.05, 0.1) is 26.4 Å². The molecule has 0 radical (unpaired) electrons. The quantitative estimate of drug-likeness (QED) is 0.0169. The van der Waals surface area contributed by atoms with Crippen molar-refractivity contribution in [3.05, 3.63) is 72.9 Å². The third-order valence-electron chi connectivity index (χ3n) is 16.2. The Morgan fingerprint density at radius 2 is 0.542 bits per heavy atom. The minimum absolute atomic E-state index is 0.0978. The van der Waals surface area contributed by atoms with E-state index in [2.05, 4.69) is 101 Å². The van der Waals surface area contributed by atoms with Crippen molar-refractivity contribution in [3.8, 4) is 0 Å². The number of phosphoric acid groups is 2. The molecule has 0 aromatic heterocycles. The molecular formula is C77H138O17P2. The van der Waals surface area contributed by atoms with Crippen LogP contribution in [0.15, 0.2) is 72.9 Å². The van der Waals surface area contributed by atoms with E-state index in [0.29, 0.717) is 25.7 Å². The fourth-order valence-electron chi connectivity index (χ4n) is 10.4. The van der Waals surface area contributed by atoms with Crippen LogP contribution in [0.3, 0.4) is 0 Å². The Balaban J connectivity index is 5.26. The monoisotopic (exact) mass is 1400 g/mol. The molecule has 19 heteroatoms. The van der Waals surface area contributed by atoms with Crippen molar-refractivity contribution < 1.29 is 80.2 Å². The highest BCUT2D eigenvalue weighted by atomic mass is 31.2. The number of carbonyl (C=O) groups is 4. The standard InChI is InChI=1S/C77H138O17P2/c1-5-9-13-17-21-25-29-31-33-35-37-39-43-45-49-53-57-61-74(79)87-67-72(93-76(81)63-59-55-51-47-41-27-23-19-15-11-7-3)69-91-95(83,84)89-65-71(78)66-90-96(85,86)92-70-73(94-77(82)64-60-56-52-48-42-28-24-20-16-12-8-4)68-88-75(80)62-58-54-50-46-44-40-38-36-34-32-30-26-22-18-14-10-6-2/h9-10,13-14,21-22,25-26,31-34,71-73,78H,5-8,11-12,15-20,23-24,27-30,35-70H2,1-4H3,(H,83,84)(H,85,86)/b13-9-,14-10-,25-21-,26-22-,33-31-,34-32-. The molecule has 0 rings (SSSR count). The van der Waals surface area contributed by atoms with Gasteiger partial charge in [0.15, 0.2) is 12.2 Å². The van der Waals surface area contributed by atoms with Gasteiger partial charge in [-0.1, -0.05) is 293 Å². The SMILES string of the molecule is CC/C=C\C/C=C\C/C=C\CCCCCCCCCC(=O)OCC(COP(=O)(O)OCC(O)COP(=O)(O)OCC(COC(=O)CCCCCCCCC/C=C\C/C=C\C/C=C\CC)OC(=O)CCCCCCCCCCCCC)OC(=O)CCCCCCCCCCCCC. The number of esters is 4. The van der Waals surface area contributed by atoms with Gasteiger partial charge in [-0.25, -0.2) is 9.13 Å². The number of hydrogen-bond acceptors (Lipinski definition) is 15. The van der Waals surface area contributed by atoms with Crippen molar-refractivity contribution in [1.82, 2.24) is 0 Å². The van der Waals surface area contributed by atoms with Crippen LogP contribution < -0.4 is 0 Å². The van der Waals surface area contributed by atoms with Crippen LogP contribution in [-0.2, 0) is 65.4 Å². The largest absolute Gasteiger partial charge is 0.472 e. The molecule has 0 aliphatic heterocycles. The second-order valence-electron chi connectivity index (χ2n) is 25.5. The summed E-state index contributed by atoms with van der Waals surface area (Å²) in [6, 6.07) is 0. The maximum absolute atomic E-state index is 13.1. The molecule has 0 bridgehead atoms. The Labute approximate surface area is 583 Å². The molecule has 0 aromatic carbocycles. The van der Waals surface area contributed by atoms with E-state index >= 15 is 0 Å². The van der Waals surface area contributed by atoms with E-state index in [-0.39, 0.29) is 25.7 Å². The Hall–Kier alpha value is -3.50. The highest BCUT2D eigenvalue weighted by Crippen LogP contribution is 2.45. The highest BCUT2D eigenvalue weighted by molar-refractivity contribution is 7.47. The third-order valence-corrected chi connectivity index (χ3v) is 18.1. The Kier molecular flexibility index (Phi) is 67.4. The number of allylic oxidation sites excluding steroid dienone is 12. The number of phosphoric ester groups is 2. The van der Waals surface area contributed by atoms with Gasteiger partial charge in [-0.05, 0) is 89.9 Å². The third kappa shape index (κ3) is 69.0. The predicted octanol–water partition coefficient (Wildman–Crippen LogP) is 21.7. The number of hydrogen-bond donors (Lipinski definition) is 3. The van der Waals surface area contributed by atoms with Gasteiger partial charge in [-0.2, -0.15) is 0 Å². The molecule has 558 valence electrons. The smallest absolute Gasteiger partial charge is 0.462 e. The molecule has 0 aromatic rings.